The van der Waals surface area contributed by atoms with Crippen LogP contribution in [-0.4, -0.2) is 56.2 Å². The Morgan fingerprint density at radius 1 is 1.41 bits per heavy atom. The van der Waals surface area contributed by atoms with Gasteiger partial charge in [0, 0.05) is 19.0 Å². The van der Waals surface area contributed by atoms with Crippen molar-refractivity contribution in [2.24, 2.45) is 5.73 Å². The third-order valence-electron chi connectivity index (χ3n) is 3.33. The molecule has 1 amide bonds. The second-order valence-corrected chi connectivity index (χ2v) is 6.85. The van der Waals surface area contributed by atoms with E-state index in [9.17, 15) is 13.2 Å². The summed E-state index contributed by atoms with van der Waals surface area (Å²) >= 11 is 0. The van der Waals surface area contributed by atoms with Crippen molar-refractivity contribution in [3.8, 4) is 0 Å². The third-order valence-corrected chi connectivity index (χ3v) is 5.08. The standard InChI is InChI=1S/C10H18N2O4S/c11-4-1-9-2-5-12(10(13)16-9)8-3-6-17(14,15)7-8/h8-9H,1-7,11H2. The third kappa shape index (κ3) is 2.90. The summed E-state index contributed by atoms with van der Waals surface area (Å²) in [6.45, 7) is 1.07. The molecule has 2 fully saturated rings. The first-order valence-electron chi connectivity index (χ1n) is 5.89. The minimum absolute atomic E-state index is 0.0731. The summed E-state index contributed by atoms with van der Waals surface area (Å²) in [4.78, 5) is 13.3. The van der Waals surface area contributed by atoms with E-state index in [1.165, 1.54) is 0 Å². The van der Waals surface area contributed by atoms with Crippen LogP contribution in [0.15, 0.2) is 0 Å². The van der Waals surface area contributed by atoms with Gasteiger partial charge < -0.3 is 15.4 Å². The number of hydrogen-bond acceptors (Lipinski definition) is 5. The quantitative estimate of drug-likeness (QED) is 0.756. The number of nitrogens with zero attached hydrogens (tertiary/aromatic N) is 1. The molecule has 2 unspecified atom stereocenters. The molecule has 2 aliphatic heterocycles. The van der Waals surface area contributed by atoms with Gasteiger partial charge in [0.05, 0.1) is 11.5 Å². The van der Waals surface area contributed by atoms with Gasteiger partial charge in [-0.2, -0.15) is 0 Å². The predicted molar refractivity (Wildman–Crippen MR) is 62.3 cm³/mol. The summed E-state index contributed by atoms with van der Waals surface area (Å²) < 4.78 is 28.0. The Balaban J connectivity index is 1.94. The molecule has 0 aromatic heterocycles. The van der Waals surface area contributed by atoms with Gasteiger partial charge in [0.1, 0.15) is 6.10 Å². The molecule has 0 aromatic carbocycles. The lowest BCUT2D eigenvalue weighted by molar-refractivity contribution is 0.0123. The highest BCUT2D eigenvalue weighted by molar-refractivity contribution is 7.91. The molecule has 0 spiro atoms. The molecule has 2 aliphatic rings. The first-order valence-corrected chi connectivity index (χ1v) is 7.72. The van der Waals surface area contributed by atoms with Crippen molar-refractivity contribution in [3.05, 3.63) is 0 Å². The van der Waals surface area contributed by atoms with Gasteiger partial charge in [0.2, 0.25) is 0 Å². The van der Waals surface area contributed by atoms with Gasteiger partial charge >= 0.3 is 6.09 Å². The molecule has 7 heteroatoms. The Bertz CT molecular complexity index is 395. The first-order chi connectivity index (χ1) is 8.02. The van der Waals surface area contributed by atoms with E-state index in [4.69, 9.17) is 10.5 Å². The van der Waals surface area contributed by atoms with Crippen LogP contribution >= 0.6 is 0 Å². The Labute approximate surface area is 101 Å². The number of carbonyl (C=O) groups is 1. The number of ether oxygens (including phenoxy) is 1. The molecule has 2 atom stereocenters. The van der Waals surface area contributed by atoms with Crippen LogP contribution in [0.3, 0.4) is 0 Å². The van der Waals surface area contributed by atoms with E-state index in [1.807, 2.05) is 0 Å². The topological polar surface area (TPSA) is 89.7 Å². The number of carbonyl (C=O) groups excluding carboxylic acids is 1. The van der Waals surface area contributed by atoms with E-state index < -0.39 is 15.9 Å². The monoisotopic (exact) mass is 262 g/mol. The first kappa shape index (κ1) is 12.6. The molecule has 2 saturated heterocycles. The van der Waals surface area contributed by atoms with Gasteiger partial charge in [-0.05, 0) is 19.4 Å². The Morgan fingerprint density at radius 2 is 2.18 bits per heavy atom. The number of nitrogens with two attached hydrogens (primary N) is 1. The highest BCUT2D eigenvalue weighted by atomic mass is 32.2. The summed E-state index contributed by atoms with van der Waals surface area (Å²) in [6.07, 6.45) is 1.43. The largest absolute Gasteiger partial charge is 0.446 e. The Hall–Kier alpha value is -0.820. The van der Waals surface area contributed by atoms with Gasteiger partial charge in [-0.3, -0.25) is 0 Å². The van der Waals surface area contributed by atoms with E-state index in [2.05, 4.69) is 0 Å². The van der Waals surface area contributed by atoms with Crippen LogP contribution in [0.25, 0.3) is 0 Å². The molecule has 0 aliphatic carbocycles. The maximum Gasteiger partial charge on any atom is 0.410 e. The Kier molecular flexibility index (Phi) is 3.58. The van der Waals surface area contributed by atoms with Crippen LogP contribution in [0.1, 0.15) is 19.3 Å². The van der Waals surface area contributed by atoms with Crippen LogP contribution in [-0.2, 0) is 14.6 Å². The van der Waals surface area contributed by atoms with E-state index >= 15 is 0 Å². The molecule has 17 heavy (non-hydrogen) atoms. The van der Waals surface area contributed by atoms with Crippen molar-refractivity contribution in [1.82, 2.24) is 4.90 Å². The highest BCUT2D eigenvalue weighted by Crippen LogP contribution is 2.23. The van der Waals surface area contributed by atoms with Crippen molar-refractivity contribution in [2.45, 2.75) is 31.4 Å². The molecule has 2 N–H and O–H groups in total. The van der Waals surface area contributed by atoms with E-state index in [1.54, 1.807) is 4.90 Å². The molecule has 98 valence electrons. The molecule has 2 heterocycles. The molecule has 0 radical (unpaired) electrons. The fraction of sp³-hybridized carbons (Fsp3) is 0.900. The molecule has 0 saturated carbocycles. The lowest BCUT2D eigenvalue weighted by Gasteiger charge is -2.34. The Morgan fingerprint density at radius 3 is 2.71 bits per heavy atom. The molecular weight excluding hydrogens is 244 g/mol. The maximum atomic E-state index is 11.7. The summed E-state index contributed by atoms with van der Waals surface area (Å²) in [7, 11) is -2.96. The average molecular weight is 262 g/mol. The zero-order chi connectivity index (χ0) is 12.5. The van der Waals surface area contributed by atoms with Crippen LogP contribution < -0.4 is 5.73 Å². The fourth-order valence-electron chi connectivity index (χ4n) is 2.39. The van der Waals surface area contributed by atoms with Crippen molar-refractivity contribution in [2.75, 3.05) is 24.6 Å². The number of hydrogen-bond donors (Lipinski definition) is 1. The number of cyclic esters (lactones) is 1. The van der Waals surface area contributed by atoms with Gasteiger partial charge in [-0.1, -0.05) is 0 Å². The summed E-state index contributed by atoms with van der Waals surface area (Å²) in [5.74, 6) is 0.247. The second kappa shape index (κ2) is 4.81. The highest BCUT2D eigenvalue weighted by Gasteiger charge is 2.38. The fourth-order valence-corrected chi connectivity index (χ4v) is 4.12. The van der Waals surface area contributed by atoms with Crippen molar-refractivity contribution < 1.29 is 17.9 Å². The molecule has 6 nitrogen and oxygen atoms in total. The summed E-state index contributed by atoms with van der Waals surface area (Å²) in [6, 6.07) is -0.202. The van der Waals surface area contributed by atoms with E-state index in [0.717, 1.165) is 6.42 Å². The van der Waals surface area contributed by atoms with Gasteiger partial charge in [0.25, 0.3) is 0 Å². The van der Waals surface area contributed by atoms with Crippen molar-refractivity contribution in [3.63, 3.8) is 0 Å². The number of amides is 1. The maximum absolute atomic E-state index is 11.7. The minimum atomic E-state index is -2.96. The van der Waals surface area contributed by atoms with Crippen molar-refractivity contribution in [1.29, 1.82) is 0 Å². The average Bonchev–Trinajstić information content (AvgIpc) is 2.59. The number of sulfone groups is 1. The molecule has 0 bridgehead atoms. The number of rotatable bonds is 3. The zero-order valence-electron chi connectivity index (χ0n) is 9.67. The smallest absolute Gasteiger partial charge is 0.410 e. The lowest BCUT2D eigenvalue weighted by atomic mass is 10.1. The van der Waals surface area contributed by atoms with Crippen LogP contribution in [0.4, 0.5) is 4.79 Å². The summed E-state index contributed by atoms with van der Waals surface area (Å²) in [5, 5.41) is 0. The minimum Gasteiger partial charge on any atom is -0.446 e. The molecular formula is C10H18N2O4S. The molecule has 0 aromatic rings. The van der Waals surface area contributed by atoms with Gasteiger partial charge in [-0.15, -0.1) is 0 Å². The predicted octanol–water partition coefficient (Wildman–Crippen LogP) is -0.267. The van der Waals surface area contributed by atoms with Crippen LogP contribution in [0.5, 0.6) is 0 Å². The molecule has 2 rings (SSSR count). The zero-order valence-corrected chi connectivity index (χ0v) is 10.5. The lowest BCUT2D eigenvalue weighted by Crippen LogP contribution is -2.48. The summed E-state index contributed by atoms with van der Waals surface area (Å²) in [5.41, 5.74) is 5.41. The van der Waals surface area contributed by atoms with Crippen LogP contribution in [0.2, 0.25) is 0 Å². The second-order valence-electron chi connectivity index (χ2n) is 4.62. The van der Waals surface area contributed by atoms with Crippen LogP contribution in [0, 0.1) is 0 Å². The van der Waals surface area contributed by atoms with Crippen molar-refractivity contribution >= 4 is 15.9 Å². The normalized spacial score (nSPS) is 32.5. The van der Waals surface area contributed by atoms with E-state index in [-0.39, 0.29) is 23.7 Å². The van der Waals surface area contributed by atoms with E-state index in [0.29, 0.717) is 25.9 Å². The SMILES string of the molecule is NCCC1CCN(C2CCS(=O)(=O)C2)C(=O)O1. The van der Waals surface area contributed by atoms with Gasteiger partial charge in [0.15, 0.2) is 9.84 Å². The van der Waals surface area contributed by atoms with Gasteiger partial charge in [-0.25, -0.2) is 13.2 Å².